The summed E-state index contributed by atoms with van der Waals surface area (Å²) < 4.78 is 5.43. The zero-order chi connectivity index (χ0) is 12.7. The molecule has 5 heteroatoms. The highest BCUT2D eigenvalue weighted by atomic mass is 16.5. The third-order valence-electron chi connectivity index (χ3n) is 2.17. The zero-order valence-corrected chi connectivity index (χ0v) is 9.85. The van der Waals surface area contributed by atoms with Crippen LogP contribution in [0, 0.1) is 0 Å². The van der Waals surface area contributed by atoms with Gasteiger partial charge in [0.25, 0.3) is 0 Å². The molecule has 1 aromatic rings. The fraction of sp³-hybridized carbons (Fsp3) is 0.500. The maximum absolute atomic E-state index is 10.7. The molecule has 0 spiro atoms. The van der Waals surface area contributed by atoms with Crippen molar-refractivity contribution in [3.63, 3.8) is 0 Å². The second-order valence-corrected chi connectivity index (χ2v) is 3.76. The van der Waals surface area contributed by atoms with Crippen molar-refractivity contribution in [2.75, 3.05) is 6.61 Å². The average molecular weight is 239 g/mol. The number of rotatable bonds is 7. The topological polar surface area (TPSA) is 79.7 Å². The van der Waals surface area contributed by atoms with E-state index in [1.165, 1.54) is 0 Å². The molecule has 0 amide bonds. The predicted molar refractivity (Wildman–Crippen MR) is 61.5 cm³/mol. The van der Waals surface area contributed by atoms with Gasteiger partial charge in [-0.2, -0.15) is 0 Å². The van der Waals surface area contributed by atoms with Crippen LogP contribution in [-0.2, 0) is 18.0 Å². The van der Waals surface area contributed by atoms with Gasteiger partial charge < -0.3 is 19.7 Å². The van der Waals surface area contributed by atoms with Crippen LogP contribution in [0.2, 0.25) is 0 Å². The Labute approximate surface area is 100 Å². The van der Waals surface area contributed by atoms with Crippen molar-refractivity contribution in [3.8, 4) is 5.75 Å². The summed E-state index contributed by atoms with van der Waals surface area (Å²) in [5.41, 5.74) is 0.913. The van der Waals surface area contributed by atoms with Crippen molar-refractivity contribution in [1.29, 1.82) is 0 Å². The smallest absolute Gasteiger partial charge is 0.129 e. The van der Waals surface area contributed by atoms with E-state index in [-0.39, 0.29) is 19.0 Å². The highest BCUT2D eigenvalue weighted by Gasteiger charge is 2.03. The Kier molecular flexibility index (Phi) is 5.59. The molecular formula is C12H17NO4. The van der Waals surface area contributed by atoms with E-state index in [1.807, 2.05) is 0 Å². The first-order chi connectivity index (χ1) is 8.15. The van der Waals surface area contributed by atoms with E-state index in [4.69, 9.17) is 14.9 Å². The van der Waals surface area contributed by atoms with Gasteiger partial charge in [0.15, 0.2) is 0 Å². The summed E-state index contributed by atoms with van der Waals surface area (Å²) in [5.74, 6) is 0.687. The first-order valence-electron chi connectivity index (χ1n) is 5.49. The van der Waals surface area contributed by atoms with E-state index in [0.29, 0.717) is 36.6 Å². The summed E-state index contributed by atoms with van der Waals surface area (Å²) in [7, 11) is 0. The number of aliphatic hydroxyl groups excluding tert-OH is 2. The van der Waals surface area contributed by atoms with E-state index in [0.717, 1.165) is 0 Å². The van der Waals surface area contributed by atoms with Gasteiger partial charge in [0.1, 0.15) is 11.5 Å². The number of carbonyl (C=O) groups excluding carboxylic acids is 1. The SMILES string of the molecule is CC(=O)CCCOc1cc(CO)nc(CO)c1. The quantitative estimate of drug-likeness (QED) is 0.688. The van der Waals surface area contributed by atoms with Gasteiger partial charge in [-0.1, -0.05) is 0 Å². The maximum atomic E-state index is 10.7. The van der Waals surface area contributed by atoms with E-state index in [2.05, 4.69) is 4.98 Å². The monoisotopic (exact) mass is 239 g/mol. The number of hydrogen-bond acceptors (Lipinski definition) is 5. The molecule has 0 bridgehead atoms. The summed E-state index contributed by atoms with van der Waals surface area (Å²) in [4.78, 5) is 14.7. The van der Waals surface area contributed by atoms with Gasteiger partial charge in [-0.05, 0) is 13.3 Å². The fourth-order valence-electron chi connectivity index (χ4n) is 1.38. The third-order valence-corrected chi connectivity index (χ3v) is 2.17. The lowest BCUT2D eigenvalue weighted by Gasteiger charge is -2.08. The van der Waals surface area contributed by atoms with Crippen LogP contribution in [0.25, 0.3) is 0 Å². The number of hydrogen-bond donors (Lipinski definition) is 2. The maximum Gasteiger partial charge on any atom is 0.129 e. The molecule has 94 valence electrons. The second-order valence-electron chi connectivity index (χ2n) is 3.76. The van der Waals surface area contributed by atoms with Gasteiger partial charge in [0.2, 0.25) is 0 Å². The minimum atomic E-state index is -0.197. The summed E-state index contributed by atoms with van der Waals surface area (Å²) in [6.07, 6.45) is 1.14. The second kappa shape index (κ2) is 6.98. The van der Waals surface area contributed by atoms with Gasteiger partial charge in [-0.15, -0.1) is 0 Å². The van der Waals surface area contributed by atoms with Crippen molar-refractivity contribution >= 4 is 5.78 Å². The lowest BCUT2D eigenvalue weighted by atomic mass is 10.2. The van der Waals surface area contributed by atoms with Gasteiger partial charge in [0.05, 0.1) is 31.2 Å². The van der Waals surface area contributed by atoms with Crippen LogP contribution in [0.15, 0.2) is 12.1 Å². The Balaban J connectivity index is 2.54. The Morgan fingerprint density at radius 2 is 1.88 bits per heavy atom. The number of aliphatic hydroxyl groups is 2. The molecule has 0 unspecified atom stereocenters. The molecule has 0 radical (unpaired) electrons. The summed E-state index contributed by atoms with van der Waals surface area (Å²) in [6.45, 7) is 1.58. The van der Waals surface area contributed by atoms with Crippen molar-refractivity contribution in [2.45, 2.75) is 33.0 Å². The number of aromatic nitrogens is 1. The first kappa shape index (κ1) is 13.6. The molecule has 17 heavy (non-hydrogen) atoms. The Morgan fingerprint density at radius 1 is 1.29 bits per heavy atom. The molecule has 0 saturated carbocycles. The highest BCUT2D eigenvalue weighted by molar-refractivity contribution is 5.75. The van der Waals surface area contributed by atoms with Crippen LogP contribution in [0.1, 0.15) is 31.2 Å². The van der Waals surface area contributed by atoms with Crippen LogP contribution in [0.5, 0.6) is 5.75 Å². The first-order valence-corrected chi connectivity index (χ1v) is 5.49. The van der Waals surface area contributed by atoms with Crippen molar-refractivity contribution in [3.05, 3.63) is 23.5 Å². The van der Waals surface area contributed by atoms with Crippen LogP contribution >= 0.6 is 0 Å². The molecule has 1 rings (SSSR count). The van der Waals surface area contributed by atoms with Gasteiger partial charge in [0, 0.05) is 18.6 Å². The largest absolute Gasteiger partial charge is 0.493 e. The molecule has 0 aliphatic carbocycles. The Bertz CT molecular complexity index is 357. The number of pyridine rings is 1. The number of Topliss-reactive ketones (excluding diaryl/α,β-unsaturated/α-hetero) is 1. The van der Waals surface area contributed by atoms with Crippen molar-refractivity contribution in [2.24, 2.45) is 0 Å². The Hall–Kier alpha value is -1.46. The number of carbonyl (C=O) groups is 1. The van der Waals surface area contributed by atoms with Crippen LogP contribution in [0.4, 0.5) is 0 Å². The van der Waals surface area contributed by atoms with Crippen LogP contribution in [-0.4, -0.2) is 27.6 Å². The normalized spacial score (nSPS) is 10.3. The van der Waals surface area contributed by atoms with Gasteiger partial charge in [-0.3, -0.25) is 4.98 Å². The van der Waals surface area contributed by atoms with Crippen molar-refractivity contribution in [1.82, 2.24) is 4.98 Å². The van der Waals surface area contributed by atoms with E-state index in [9.17, 15) is 4.79 Å². The lowest BCUT2D eigenvalue weighted by Crippen LogP contribution is -2.03. The molecule has 0 aliphatic rings. The number of nitrogens with zero attached hydrogens (tertiary/aromatic N) is 1. The molecule has 0 aromatic carbocycles. The highest BCUT2D eigenvalue weighted by Crippen LogP contribution is 2.15. The summed E-state index contributed by atoms with van der Waals surface area (Å²) in [6, 6.07) is 3.24. The van der Waals surface area contributed by atoms with E-state index < -0.39 is 0 Å². The minimum Gasteiger partial charge on any atom is -0.493 e. The zero-order valence-electron chi connectivity index (χ0n) is 9.85. The lowest BCUT2D eigenvalue weighted by molar-refractivity contribution is -0.117. The molecule has 0 aliphatic heterocycles. The molecular weight excluding hydrogens is 222 g/mol. The average Bonchev–Trinajstić information content (AvgIpc) is 2.34. The number of ketones is 1. The van der Waals surface area contributed by atoms with E-state index in [1.54, 1.807) is 19.1 Å². The summed E-state index contributed by atoms with van der Waals surface area (Å²) in [5, 5.41) is 18.0. The molecule has 0 atom stereocenters. The standard InChI is InChI=1S/C12H17NO4/c1-9(16)3-2-4-17-12-5-10(7-14)13-11(6-12)8-15/h5-6,14-15H,2-4,7-8H2,1H3. The van der Waals surface area contributed by atoms with Gasteiger partial charge >= 0.3 is 0 Å². The molecule has 5 nitrogen and oxygen atoms in total. The summed E-state index contributed by atoms with van der Waals surface area (Å²) >= 11 is 0. The molecule has 1 heterocycles. The third kappa shape index (κ3) is 4.93. The van der Waals surface area contributed by atoms with Crippen molar-refractivity contribution < 1.29 is 19.7 Å². The van der Waals surface area contributed by atoms with Gasteiger partial charge in [-0.25, -0.2) is 0 Å². The molecule has 0 saturated heterocycles. The fourth-order valence-corrected chi connectivity index (χ4v) is 1.38. The molecule has 2 N–H and O–H groups in total. The Morgan fingerprint density at radius 3 is 2.35 bits per heavy atom. The minimum absolute atomic E-state index is 0.135. The predicted octanol–water partition coefficient (Wildman–Crippen LogP) is 0.814. The molecule has 0 fully saturated rings. The van der Waals surface area contributed by atoms with Crippen LogP contribution in [0.3, 0.4) is 0 Å². The molecule has 1 aromatic heterocycles. The number of ether oxygens (including phenoxy) is 1. The van der Waals surface area contributed by atoms with Crippen LogP contribution < -0.4 is 4.74 Å². The van der Waals surface area contributed by atoms with E-state index >= 15 is 0 Å².